The van der Waals surface area contributed by atoms with E-state index in [9.17, 15) is 13.6 Å². The fraction of sp³-hybridized carbons (Fsp3) is 0.286. The quantitative estimate of drug-likeness (QED) is 0.852. The molecule has 3 N–H and O–H groups in total. The molecule has 0 unspecified atom stereocenters. The third-order valence-corrected chi connectivity index (χ3v) is 4.38. The summed E-state index contributed by atoms with van der Waals surface area (Å²) in [4.78, 5) is 16.2. The molecule has 1 heterocycles. The van der Waals surface area contributed by atoms with E-state index in [0.29, 0.717) is 11.6 Å². The molecular weight excluding hydrogens is 312 g/mol. The summed E-state index contributed by atoms with van der Waals surface area (Å²) < 4.78 is 29.3. The molecule has 116 valence electrons. The van der Waals surface area contributed by atoms with Crippen LogP contribution in [0.1, 0.15) is 33.4 Å². The number of halogens is 2. The van der Waals surface area contributed by atoms with Crippen molar-refractivity contribution in [2.75, 3.05) is 5.32 Å². The van der Waals surface area contributed by atoms with Crippen molar-refractivity contribution in [2.24, 2.45) is 5.73 Å². The number of para-hydroxylation sites is 2. The zero-order chi connectivity index (χ0) is 15.7. The molecule has 0 saturated heterocycles. The highest BCUT2D eigenvalue weighted by Crippen LogP contribution is 2.44. The van der Waals surface area contributed by atoms with Crippen molar-refractivity contribution in [1.29, 1.82) is 0 Å². The number of nitrogens with two attached hydrogens (primary N) is 1. The average molecular weight is 325 g/mol. The molecule has 3 rings (SSSR count). The molecule has 1 aliphatic carbocycles. The number of ether oxygens (including phenoxy) is 1. The number of aromatic nitrogens is 1. The number of nitrogens with one attached hydrogen (secondary N) is 1. The molecule has 1 aliphatic rings. The van der Waals surface area contributed by atoms with Crippen molar-refractivity contribution in [1.82, 2.24) is 4.98 Å². The number of primary amides is 1. The minimum absolute atomic E-state index is 0.0195. The monoisotopic (exact) mass is 325 g/mol. The van der Waals surface area contributed by atoms with Gasteiger partial charge in [-0.05, 0) is 25.0 Å². The number of benzene rings is 1. The van der Waals surface area contributed by atoms with Crippen LogP contribution in [-0.4, -0.2) is 17.5 Å². The van der Waals surface area contributed by atoms with Gasteiger partial charge in [0.2, 0.25) is 0 Å². The van der Waals surface area contributed by atoms with E-state index in [-0.39, 0.29) is 16.4 Å². The van der Waals surface area contributed by atoms with Crippen molar-refractivity contribution in [2.45, 2.75) is 25.4 Å². The molecule has 5 nitrogen and oxygen atoms in total. The summed E-state index contributed by atoms with van der Waals surface area (Å²) in [5, 5.41) is 3.71. The van der Waals surface area contributed by atoms with E-state index in [1.54, 1.807) is 18.2 Å². The number of thiazole rings is 1. The summed E-state index contributed by atoms with van der Waals surface area (Å²) in [6.07, 6.45) is 2.08. The molecular formula is C14H13F2N3O2S. The van der Waals surface area contributed by atoms with Gasteiger partial charge in [-0.15, -0.1) is 11.3 Å². The van der Waals surface area contributed by atoms with Gasteiger partial charge in [0.05, 0.1) is 10.7 Å². The zero-order valence-corrected chi connectivity index (χ0v) is 12.2. The molecule has 22 heavy (non-hydrogen) atoms. The van der Waals surface area contributed by atoms with E-state index >= 15 is 0 Å². The highest BCUT2D eigenvalue weighted by Gasteiger charge is 2.29. The van der Waals surface area contributed by atoms with Crippen LogP contribution in [0.4, 0.5) is 20.3 Å². The maximum Gasteiger partial charge on any atom is 0.387 e. The maximum atomic E-state index is 12.4. The number of rotatable bonds is 6. The first-order chi connectivity index (χ1) is 10.5. The lowest BCUT2D eigenvalue weighted by atomic mass is 10.3. The number of carbonyl (C=O) groups excluding carboxylic acids is 1. The Labute approximate surface area is 129 Å². The fourth-order valence-corrected chi connectivity index (χ4v) is 3.03. The molecule has 0 aliphatic heterocycles. The highest BCUT2D eigenvalue weighted by atomic mass is 32.1. The van der Waals surface area contributed by atoms with Gasteiger partial charge in [-0.1, -0.05) is 12.1 Å². The van der Waals surface area contributed by atoms with Crippen LogP contribution in [0.5, 0.6) is 5.75 Å². The first-order valence-corrected chi connectivity index (χ1v) is 7.47. The second-order valence-corrected chi connectivity index (χ2v) is 5.90. The number of hydrogen-bond donors (Lipinski definition) is 2. The lowest BCUT2D eigenvalue weighted by Crippen LogP contribution is -2.11. The summed E-state index contributed by atoms with van der Waals surface area (Å²) in [7, 11) is 0. The van der Waals surface area contributed by atoms with Gasteiger partial charge in [0.15, 0.2) is 5.82 Å². The third-order valence-electron chi connectivity index (χ3n) is 3.15. The van der Waals surface area contributed by atoms with Crippen LogP contribution in [0.2, 0.25) is 0 Å². The number of nitrogens with zero attached hydrogens (tertiary/aromatic N) is 1. The van der Waals surface area contributed by atoms with Crippen molar-refractivity contribution >= 4 is 28.7 Å². The standard InChI is InChI=1S/C14H13F2N3O2S/c15-14(16)21-9-4-2-1-3-8(9)18-12-10(11(17)20)22-13(19-12)7-5-6-7/h1-4,7,14,18H,5-6H2,(H2,17,20). The molecule has 1 aromatic carbocycles. The van der Waals surface area contributed by atoms with Gasteiger partial charge in [0, 0.05) is 5.92 Å². The van der Waals surface area contributed by atoms with Crippen LogP contribution in [0.25, 0.3) is 0 Å². The van der Waals surface area contributed by atoms with Gasteiger partial charge >= 0.3 is 6.61 Å². The Hall–Kier alpha value is -2.22. The SMILES string of the molecule is NC(=O)c1sc(C2CC2)nc1Nc1ccccc1OC(F)F. The van der Waals surface area contributed by atoms with Crippen LogP contribution in [0, 0.1) is 0 Å². The summed E-state index contributed by atoms with van der Waals surface area (Å²) >= 11 is 1.24. The molecule has 1 saturated carbocycles. The van der Waals surface area contributed by atoms with Crippen LogP contribution in [0.3, 0.4) is 0 Å². The molecule has 0 spiro atoms. The Morgan fingerprint density at radius 2 is 2.14 bits per heavy atom. The predicted molar refractivity (Wildman–Crippen MR) is 79.0 cm³/mol. The van der Waals surface area contributed by atoms with Crippen molar-refractivity contribution in [3.8, 4) is 5.75 Å². The number of carbonyl (C=O) groups is 1. The number of alkyl halides is 2. The Morgan fingerprint density at radius 3 is 2.77 bits per heavy atom. The van der Waals surface area contributed by atoms with Gasteiger partial charge in [-0.25, -0.2) is 4.98 Å². The summed E-state index contributed by atoms with van der Waals surface area (Å²) in [5.41, 5.74) is 5.66. The maximum absolute atomic E-state index is 12.4. The number of anilines is 2. The lowest BCUT2D eigenvalue weighted by Gasteiger charge is -2.11. The van der Waals surface area contributed by atoms with E-state index in [0.717, 1.165) is 17.8 Å². The molecule has 0 radical (unpaired) electrons. The van der Waals surface area contributed by atoms with Gasteiger partial charge < -0.3 is 15.8 Å². The molecule has 0 bridgehead atoms. The van der Waals surface area contributed by atoms with Gasteiger partial charge in [0.25, 0.3) is 5.91 Å². The van der Waals surface area contributed by atoms with Crippen LogP contribution >= 0.6 is 11.3 Å². The van der Waals surface area contributed by atoms with Crippen molar-refractivity contribution in [3.05, 3.63) is 34.2 Å². The number of amides is 1. The fourth-order valence-electron chi connectivity index (χ4n) is 1.99. The van der Waals surface area contributed by atoms with E-state index in [1.807, 2.05) is 0 Å². The Morgan fingerprint density at radius 1 is 1.41 bits per heavy atom. The van der Waals surface area contributed by atoms with Gasteiger partial charge in [0.1, 0.15) is 10.6 Å². The highest BCUT2D eigenvalue weighted by molar-refractivity contribution is 7.14. The predicted octanol–water partition coefficient (Wildman–Crippen LogP) is 3.46. The average Bonchev–Trinajstić information content (AvgIpc) is 3.22. The minimum atomic E-state index is -2.93. The first kappa shape index (κ1) is 14.7. The molecule has 1 amide bonds. The van der Waals surface area contributed by atoms with Gasteiger partial charge in [-0.2, -0.15) is 8.78 Å². The smallest absolute Gasteiger partial charge is 0.387 e. The molecule has 8 heteroatoms. The topological polar surface area (TPSA) is 77.2 Å². The summed E-state index contributed by atoms with van der Waals surface area (Å²) in [6, 6.07) is 6.22. The second kappa shape index (κ2) is 5.88. The van der Waals surface area contributed by atoms with E-state index in [2.05, 4.69) is 15.0 Å². The largest absolute Gasteiger partial charge is 0.433 e. The molecule has 0 atom stereocenters. The third kappa shape index (κ3) is 3.16. The Bertz CT molecular complexity index is 701. The molecule has 1 fully saturated rings. The molecule has 2 aromatic rings. The normalized spacial score (nSPS) is 14.1. The van der Waals surface area contributed by atoms with Crippen LogP contribution < -0.4 is 15.8 Å². The summed E-state index contributed by atoms with van der Waals surface area (Å²) in [5.74, 6) is 0.0315. The van der Waals surface area contributed by atoms with Crippen LogP contribution in [0.15, 0.2) is 24.3 Å². The zero-order valence-electron chi connectivity index (χ0n) is 11.4. The van der Waals surface area contributed by atoms with Crippen LogP contribution in [-0.2, 0) is 0 Å². The van der Waals surface area contributed by atoms with E-state index < -0.39 is 12.5 Å². The molecule has 1 aromatic heterocycles. The van der Waals surface area contributed by atoms with Gasteiger partial charge in [-0.3, -0.25) is 4.79 Å². The number of hydrogen-bond acceptors (Lipinski definition) is 5. The lowest BCUT2D eigenvalue weighted by molar-refractivity contribution is -0.0493. The van der Waals surface area contributed by atoms with Crippen molar-refractivity contribution in [3.63, 3.8) is 0 Å². The summed E-state index contributed by atoms with van der Waals surface area (Å²) in [6.45, 7) is -2.93. The van der Waals surface area contributed by atoms with Crippen molar-refractivity contribution < 1.29 is 18.3 Å². The van der Waals surface area contributed by atoms with E-state index in [1.165, 1.54) is 17.4 Å². The second-order valence-electron chi connectivity index (χ2n) is 4.87. The minimum Gasteiger partial charge on any atom is -0.433 e. The van der Waals surface area contributed by atoms with E-state index in [4.69, 9.17) is 5.73 Å². The first-order valence-electron chi connectivity index (χ1n) is 6.66. The Kier molecular flexibility index (Phi) is 3.93. The Balaban J connectivity index is 1.91.